The highest BCUT2D eigenvalue weighted by atomic mass is 16.4. The van der Waals surface area contributed by atoms with Crippen LogP contribution in [0.25, 0.3) is 0 Å². The zero-order valence-electron chi connectivity index (χ0n) is 8.28. The SMILES string of the molecule is O=C(O)C1CCC1NC1CC2CC2C1. The first kappa shape index (κ1) is 8.72. The molecule has 4 unspecified atom stereocenters. The molecule has 0 spiro atoms. The van der Waals surface area contributed by atoms with Crippen molar-refractivity contribution in [1.82, 2.24) is 5.32 Å². The summed E-state index contributed by atoms with van der Waals surface area (Å²) in [6.07, 6.45) is 5.96. The summed E-state index contributed by atoms with van der Waals surface area (Å²) < 4.78 is 0. The molecule has 0 radical (unpaired) electrons. The second-order valence-electron chi connectivity index (χ2n) is 5.22. The molecule has 78 valence electrons. The fourth-order valence-corrected chi connectivity index (χ4v) is 3.15. The highest BCUT2D eigenvalue weighted by molar-refractivity contribution is 5.72. The molecule has 4 atom stereocenters. The van der Waals surface area contributed by atoms with Gasteiger partial charge in [0.1, 0.15) is 0 Å². The van der Waals surface area contributed by atoms with Crippen molar-refractivity contribution in [2.45, 2.75) is 44.2 Å². The lowest BCUT2D eigenvalue weighted by Gasteiger charge is -2.36. The molecule has 0 bridgehead atoms. The largest absolute Gasteiger partial charge is 0.481 e. The smallest absolute Gasteiger partial charge is 0.308 e. The first-order valence-electron chi connectivity index (χ1n) is 5.73. The second-order valence-corrected chi connectivity index (χ2v) is 5.22. The standard InChI is InChI=1S/C11H17NO2/c13-11(14)9-1-2-10(9)12-8-4-6-3-7(6)5-8/h6-10,12H,1-5H2,(H,13,14). The van der Waals surface area contributed by atoms with E-state index in [1.807, 2.05) is 0 Å². The second kappa shape index (κ2) is 2.96. The number of fused-ring (bicyclic) bond motifs is 1. The molecule has 3 nitrogen and oxygen atoms in total. The Morgan fingerprint density at radius 2 is 1.86 bits per heavy atom. The number of aliphatic carboxylic acids is 1. The predicted octanol–water partition coefficient (Wildman–Crippen LogP) is 1.24. The van der Waals surface area contributed by atoms with E-state index in [1.165, 1.54) is 19.3 Å². The first-order chi connectivity index (χ1) is 6.74. The van der Waals surface area contributed by atoms with Gasteiger partial charge in [-0.3, -0.25) is 4.79 Å². The Hall–Kier alpha value is -0.570. The van der Waals surface area contributed by atoms with Gasteiger partial charge in [-0.25, -0.2) is 0 Å². The van der Waals surface area contributed by atoms with Gasteiger partial charge in [-0.1, -0.05) is 0 Å². The van der Waals surface area contributed by atoms with Gasteiger partial charge in [0.05, 0.1) is 5.92 Å². The van der Waals surface area contributed by atoms with E-state index in [2.05, 4.69) is 5.32 Å². The molecular formula is C11H17NO2. The lowest BCUT2D eigenvalue weighted by atomic mass is 9.79. The Balaban J connectivity index is 1.50. The Bertz CT molecular complexity index is 256. The van der Waals surface area contributed by atoms with Crippen molar-refractivity contribution in [1.29, 1.82) is 0 Å². The zero-order valence-corrected chi connectivity index (χ0v) is 8.28. The van der Waals surface area contributed by atoms with Crippen LogP contribution in [0.5, 0.6) is 0 Å². The van der Waals surface area contributed by atoms with Crippen molar-refractivity contribution in [3.8, 4) is 0 Å². The summed E-state index contributed by atoms with van der Waals surface area (Å²) in [6.45, 7) is 0. The summed E-state index contributed by atoms with van der Waals surface area (Å²) in [7, 11) is 0. The molecule has 3 saturated carbocycles. The predicted molar refractivity (Wildman–Crippen MR) is 51.9 cm³/mol. The fraction of sp³-hybridized carbons (Fsp3) is 0.909. The summed E-state index contributed by atoms with van der Waals surface area (Å²) in [5.74, 6) is 1.25. The van der Waals surface area contributed by atoms with Crippen LogP contribution in [0.2, 0.25) is 0 Å². The van der Waals surface area contributed by atoms with Gasteiger partial charge in [0, 0.05) is 12.1 Å². The van der Waals surface area contributed by atoms with Crippen molar-refractivity contribution in [2.75, 3.05) is 0 Å². The van der Waals surface area contributed by atoms with E-state index in [0.717, 1.165) is 24.7 Å². The summed E-state index contributed by atoms with van der Waals surface area (Å²) in [4.78, 5) is 10.8. The monoisotopic (exact) mass is 195 g/mol. The van der Waals surface area contributed by atoms with Crippen molar-refractivity contribution in [3.63, 3.8) is 0 Å². The maximum Gasteiger partial charge on any atom is 0.308 e. The molecule has 14 heavy (non-hydrogen) atoms. The molecule has 3 heteroatoms. The molecule has 3 fully saturated rings. The Labute approximate surface area is 83.9 Å². The molecule has 0 heterocycles. The van der Waals surface area contributed by atoms with Crippen molar-refractivity contribution < 1.29 is 9.90 Å². The third-order valence-corrected chi connectivity index (χ3v) is 4.28. The number of nitrogens with one attached hydrogen (secondary N) is 1. The van der Waals surface area contributed by atoms with Gasteiger partial charge < -0.3 is 10.4 Å². The van der Waals surface area contributed by atoms with Crippen LogP contribution in [0.15, 0.2) is 0 Å². The molecule has 0 aromatic heterocycles. The van der Waals surface area contributed by atoms with Gasteiger partial charge in [0.2, 0.25) is 0 Å². The number of rotatable bonds is 3. The Kier molecular flexibility index (Phi) is 1.84. The van der Waals surface area contributed by atoms with E-state index in [1.54, 1.807) is 0 Å². The van der Waals surface area contributed by atoms with Crippen LogP contribution in [0.1, 0.15) is 32.1 Å². The van der Waals surface area contributed by atoms with Gasteiger partial charge in [-0.2, -0.15) is 0 Å². The Morgan fingerprint density at radius 1 is 1.14 bits per heavy atom. The number of hydrogen-bond donors (Lipinski definition) is 2. The average Bonchev–Trinajstić information content (AvgIpc) is 2.67. The van der Waals surface area contributed by atoms with Crippen LogP contribution < -0.4 is 5.32 Å². The van der Waals surface area contributed by atoms with Crippen LogP contribution >= 0.6 is 0 Å². The van der Waals surface area contributed by atoms with Crippen LogP contribution in [-0.4, -0.2) is 23.2 Å². The average molecular weight is 195 g/mol. The van der Waals surface area contributed by atoms with Crippen molar-refractivity contribution in [2.24, 2.45) is 17.8 Å². The van der Waals surface area contributed by atoms with Crippen molar-refractivity contribution >= 4 is 5.97 Å². The number of carbonyl (C=O) groups is 1. The maximum atomic E-state index is 10.8. The molecule has 2 N–H and O–H groups in total. The molecule has 3 aliphatic carbocycles. The number of hydrogen-bond acceptors (Lipinski definition) is 2. The van der Waals surface area contributed by atoms with Crippen LogP contribution in [-0.2, 0) is 4.79 Å². The van der Waals surface area contributed by atoms with Gasteiger partial charge in [-0.05, 0) is 43.9 Å². The van der Waals surface area contributed by atoms with Gasteiger partial charge in [-0.15, -0.1) is 0 Å². The molecule has 0 aromatic carbocycles. The highest BCUT2D eigenvalue weighted by Gasteiger charge is 2.47. The molecule has 0 aliphatic heterocycles. The summed E-state index contributed by atoms with van der Waals surface area (Å²) in [6, 6.07) is 0.904. The van der Waals surface area contributed by atoms with Crippen LogP contribution in [0.3, 0.4) is 0 Å². The van der Waals surface area contributed by atoms with Crippen molar-refractivity contribution in [3.05, 3.63) is 0 Å². The van der Waals surface area contributed by atoms with E-state index in [4.69, 9.17) is 5.11 Å². The fourth-order valence-electron chi connectivity index (χ4n) is 3.15. The van der Waals surface area contributed by atoms with E-state index in [9.17, 15) is 4.79 Å². The van der Waals surface area contributed by atoms with E-state index < -0.39 is 5.97 Å². The van der Waals surface area contributed by atoms with E-state index >= 15 is 0 Å². The van der Waals surface area contributed by atoms with Crippen LogP contribution in [0.4, 0.5) is 0 Å². The normalized spacial score (nSPS) is 49.6. The van der Waals surface area contributed by atoms with Gasteiger partial charge in [0.25, 0.3) is 0 Å². The number of carboxylic acids is 1. The van der Waals surface area contributed by atoms with E-state index in [0.29, 0.717) is 6.04 Å². The van der Waals surface area contributed by atoms with Crippen LogP contribution in [0, 0.1) is 17.8 Å². The lowest BCUT2D eigenvalue weighted by Crippen LogP contribution is -2.51. The first-order valence-corrected chi connectivity index (χ1v) is 5.73. The third kappa shape index (κ3) is 1.34. The lowest BCUT2D eigenvalue weighted by molar-refractivity contribution is -0.146. The summed E-state index contributed by atoms with van der Waals surface area (Å²) >= 11 is 0. The number of carboxylic acid groups (broad SMARTS) is 1. The minimum atomic E-state index is -0.614. The molecule has 0 aromatic rings. The minimum absolute atomic E-state index is 0.105. The summed E-state index contributed by atoms with van der Waals surface area (Å²) in [5.41, 5.74) is 0. The minimum Gasteiger partial charge on any atom is -0.481 e. The molecule has 0 saturated heterocycles. The topological polar surface area (TPSA) is 49.3 Å². The Morgan fingerprint density at radius 3 is 2.36 bits per heavy atom. The quantitative estimate of drug-likeness (QED) is 0.712. The highest BCUT2D eigenvalue weighted by Crippen LogP contribution is 2.52. The summed E-state index contributed by atoms with van der Waals surface area (Å²) in [5, 5.41) is 12.4. The molecule has 0 amide bonds. The molecular weight excluding hydrogens is 178 g/mol. The molecule has 3 rings (SSSR count). The third-order valence-electron chi connectivity index (χ3n) is 4.28. The van der Waals surface area contributed by atoms with Gasteiger partial charge >= 0.3 is 5.97 Å². The maximum absolute atomic E-state index is 10.8. The zero-order chi connectivity index (χ0) is 9.71. The van der Waals surface area contributed by atoms with Gasteiger partial charge in [0.15, 0.2) is 0 Å². The molecule has 3 aliphatic rings. The van der Waals surface area contributed by atoms with E-state index in [-0.39, 0.29) is 12.0 Å².